The molecule has 0 aromatic heterocycles. The topological polar surface area (TPSA) is 93.5 Å². The van der Waals surface area contributed by atoms with Crippen molar-refractivity contribution >= 4 is 17.3 Å². The van der Waals surface area contributed by atoms with Crippen LogP contribution >= 0.6 is 0 Å². The summed E-state index contributed by atoms with van der Waals surface area (Å²) >= 11 is 0. The Bertz CT molecular complexity index is 491. The Morgan fingerprint density at radius 2 is 2.15 bits per heavy atom. The molecule has 0 aliphatic rings. The molecule has 20 heavy (non-hydrogen) atoms. The number of nitro benzene ring substituents is 1. The Labute approximate surface area is 117 Å². The molecule has 110 valence electrons. The highest BCUT2D eigenvalue weighted by Gasteiger charge is 2.23. The van der Waals surface area contributed by atoms with Crippen molar-refractivity contribution in [3.8, 4) is 5.75 Å². The van der Waals surface area contributed by atoms with E-state index >= 15 is 0 Å². The van der Waals surface area contributed by atoms with E-state index in [-0.39, 0.29) is 23.0 Å². The van der Waals surface area contributed by atoms with Crippen LogP contribution in [0.1, 0.15) is 20.8 Å². The van der Waals surface area contributed by atoms with Crippen LogP contribution in [-0.4, -0.2) is 30.0 Å². The lowest BCUT2D eigenvalue weighted by Crippen LogP contribution is -2.37. The zero-order valence-corrected chi connectivity index (χ0v) is 11.8. The van der Waals surface area contributed by atoms with Crippen molar-refractivity contribution in [3.63, 3.8) is 0 Å². The second kappa shape index (κ2) is 7.32. The molecule has 0 bridgehead atoms. The number of carbonyl (C=O) groups excluding carboxylic acids is 1. The minimum atomic E-state index is -0.578. The van der Waals surface area contributed by atoms with E-state index in [2.05, 4.69) is 10.6 Å². The van der Waals surface area contributed by atoms with Crippen molar-refractivity contribution < 1.29 is 14.5 Å². The summed E-state index contributed by atoms with van der Waals surface area (Å²) < 4.78 is 5.25. The summed E-state index contributed by atoms with van der Waals surface area (Å²) in [6.07, 6.45) is 0. The van der Waals surface area contributed by atoms with Crippen LogP contribution < -0.4 is 15.4 Å². The summed E-state index contributed by atoms with van der Waals surface area (Å²) in [5.41, 5.74) is 0.102. The number of amides is 1. The fourth-order valence-corrected chi connectivity index (χ4v) is 1.73. The van der Waals surface area contributed by atoms with Gasteiger partial charge in [0.1, 0.15) is 11.7 Å². The molecule has 0 saturated heterocycles. The average molecular weight is 281 g/mol. The molecule has 1 atom stereocenters. The number of hydrogen-bond acceptors (Lipinski definition) is 5. The first-order valence-corrected chi connectivity index (χ1v) is 6.45. The van der Waals surface area contributed by atoms with Crippen LogP contribution in [0.3, 0.4) is 0 Å². The highest BCUT2D eigenvalue weighted by molar-refractivity contribution is 5.85. The lowest BCUT2D eigenvalue weighted by atomic mass is 10.2. The fourth-order valence-electron chi connectivity index (χ4n) is 1.73. The van der Waals surface area contributed by atoms with Gasteiger partial charge in [0.15, 0.2) is 5.75 Å². The number of carbonyl (C=O) groups is 1. The molecule has 1 unspecified atom stereocenters. The molecular formula is C13H19N3O4. The van der Waals surface area contributed by atoms with E-state index in [1.165, 1.54) is 6.07 Å². The normalized spacial score (nSPS) is 11.6. The highest BCUT2D eigenvalue weighted by atomic mass is 16.6. The minimum absolute atomic E-state index is 0.162. The number of rotatable bonds is 7. The van der Waals surface area contributed by atoms with Crippen molar-refractivity contribution in [3.05, 3.63) is 28.3 Å². The van der Waals surface area contributed by atoms with E-state index in [0.717, 1.165) is 0 Å². The fraction of sp³-hybridized carbons (Fsp3) is 0.462. The lowest BCUT2D eigenvalue weighted by Gasteiger charge is -2.15. The van der Waals surface area contributed by atoms with Gasteiger partial charge in [-0.3, -0.25) is 14.9 Å². The SMILES string of the molecule is CCNC(=O)C(C)Nc1cccc(OCC)c1[N+](=O)[O-]. The smallest absolute Gasteiger partial charge is 0.333 e. The van der Waals surface area contributed by atoms with Gasteiger partial charge in [0.25, 0.3) is 0 Å². The first kappa shape index (κ1) is 15.7. The molecule has 0 fully saturated rings. The molecule has 0 aliphatic heterocycles. The Kier molecular flexibility index (Phi) is 5.76. The maximum absolute atomic E-state index is 11.7. The first-order valence-electron chi connectivity index (χ1n) is 6.45. The summed E-state index contributed by atoms with van der Waals surface area (Å²) in [6, 6.07) is 4.15. The summed E-state index contributed by atoms with van der Waals surface area (Å²) in [5.74, 6) is -0.0331. The van der Waals surface area contributed by atoms with Gasteiger partial charge in [-0.25, -0.2) is 0 Å². The van der Waals surface area contributed by atoms with Gasteiger partial charge >= 0.3 is 5.69 Å². The van der Waals surface area contributed by atoms with Gasteiger partial charge < -0.3 is 15.4 Å². The van der Waals surface area contributed by atoms with Gasteiger partial charge in [-0.1, -0.05) is 6.07 Å². The van der Waals surface area contributed by atoms with Crippen LogP contribution in [0, 0.1) is 10.1 Å². The molecule has 7 nitrogen and oxygen atoms in total. The molecule has 0 heterocycles. The molecule has 1 rings (SSSR count). The maximum atomic E-state index is 11.7. The van der Waals surface area contributed by atoms with Crippen molar-refractivity contribution in [1.29, 1.82) is 0 Å². The summed E-state index contributed by atoms with van der Waals surface area (Å²) in [5, 5.41) is 16.7. The average Bonchev–Trinajstić information content (AvgIpc) is 2.39. The van der Waals surface area contributed by atoms with Crippen LogP contribution in [0.5, 0.6) is 5.75 Å². The van der Waals surface area contributed by atoms with E-state index in [4.69, 9.17) is 4.74 Å². The number of para-hydroxylation sites is 1. The molecule has 1 aromatic rings. The van der Waals surface area contributed by atoms with Crippen LogP contribution in [0.4, 0.5) is 11.4 Å². The molecule has 0 saturated carbocycles. The summed E-state index contributed by atoms with van der Waals surface area (Å²) in [7, 11) is 0. The third-order valence-electron chi connectivity index (χ3n) is 2.60. The van der Waals surface area contributed by atoms with Crippen LogP contribution in [-0.2, 0) is 4.79 Å². The number of nitrogens with one attached hydrogen (secondary N) is 2. The van der Waals surface area contributed by atoms with Crippen LogP contribution in [0.15, 0.2) is 18.2 Å². The van der Waals surface area contributed by atoms with Crippen LogP contribution in [0.2, 0.25) is 0 Å². The Hall–Kier alpha value is -2.31. The van der Waals surface area contributed by atoms with Gasteiger partial charge in [0.2, 0.25) is 5.91 Å². The van der Waals surface area contributed by atoms with Crippen molar-refractivity contribution in [1.82, 2.24) is 5.32 Å². The van der Waals surface area contributed by atoms with Crippen molar-refractivity contribution in [2.75, 3.05) is 18.5 Å². The minimum Gasteiger partial charge on any atom is -0.487 e. The van der Waals surface area contributed by atoms with Crippen molar-refractivity contribution in [2.24, 2.45) is 0 Å². The highest BCUT2D eigenvalue weighted by Crippen LogP contribution is 2.35. The molecule has 7 heteroatoms. The number of ether oxygens (including phenoxy) is 1. The molecule has 1 amide bonds. The Balaban J connectivity index is 3.02. The molecule has 2 N–H and O–H groups in total. The standard InChI is InChI=1S/C13H19N3O4/c1-4-14-13(17)9(3)15-10-7-6-8-11(20-5-2)12(10)16(18)19/h6-9,15H,4-5H2,1-3H3,(H,14,17). The number of hydrogen-bond donors (Lipinski definition) is 2. The monoisotopic (exact) mass is 281 g/mol. The lowest BCUT2D eigenvalue weighted by molar-refractivity contribution is -0.384. The maximum Gasteiger partial charge on any atom is 0.333 e. The van der Waals surface area contributed by atoms with Gasteiger partial charge in [-0.05, 0) is 32.9 Å². The Morgan fingerprint density at radius 3 is 2.70 bits per heavy atom. The van der Waals surface area contributed by atoms with Gasteiger partial charge in [0.05, 0.1) is 11.5 Å². The molecule has 1 aromatic carbocycles. The molecule has 0 aliphatic carbocycles. The second-order valence-corrected chi connectivity index (χ2v) is 4.10. The second-order valence-electron chi connectivity index (χ2n) is 4.10. The van der Waals surface area contributed by atoms with Crippen LogP contribution in [0.25, 0.3) is 0 Å². The number of likely N-dealkylation sites (N-methyl/N-ethyl adjacent to an activating group) is 1. The molecule has 0 spiro atoms. The third kappa shape index (κ3) is 3.84. The van der Waals surface area contributed by atoms with E-state index < -0.39 is 11.0 Å². The van der Waals surface area contributed by atoms with Crippen molar-refractivity contribution in [2.45, 2.75) is 26.8 Å². The number of anilines is 1. The van der Waals surface area contributed by atoms with E-state index in [9.17, 15) is 14.9 Å². The summed E-state index contributed by atoms with van der Waals surface area (Å²) in [6.45, 7) is 6.04. The van der Waals surface area contributed by atoms with Gasteiger partial charge in [-0.15, -0.1) is 0 Å². The molecular weight excluding hydrogens is 262 g/mol. The van der Waals surface area contributed by atoms with E-state index in [1.807, 2.05) is 6.92 Å². The predicted molar refractivity (Wildman–Crippen MR) is 76.0 cm³/mol. The number of nitrogens with zero attached hydrogens (tertiary/aromatic N) is 1. The van der Waals surface area contributed by atoms with Gasteiger partial charge in [-0.2, -0.15) is 0 Å². The molecule has 0 radical (unpaired) electrons. The zero-order chi connectivity index (χ0) is 15.1. The quantitative estimate of drug-likeness (QED) is 0.588. The number of benzene rings is 1. The zero-order valence-electron chi connectivity index (χ0n) is 11.8. The summed E-state index contributed by atoms with van der Waals surface area (Å²) in [4.78, 5) is 22.3. The van der Waals surface area contributed by atoms with E-state index in [0.29, 0.717) is 13.2 Å². The predicted octanol–water partition coefficient (Wildman–Crippen LogP) is 1.93. The third-order valence-corrected chi connectivity index (χ3v) is 2.60. The first-order chi connectivity index (χ1) is 9.51. The largest absolute Gasteiger partial charge is 0.487 e. The van der Waals surface area contributed by atoms with Gasteiger partial charge in [0, 0.05) is 6.54 Å². The Morgan fingerprint density at radius 1 is 1.45 bits per heavy atom. The number of nitro groups is 1. The van der Waals surface area contributed by atoms with E-state index in [1.54, 1.807) is 26.0 Å².